The van der Waals surface area contributed by atoms with Crippen LogP contribution in [0, 0.1) is 5.92 Å². The summed E-state index contributed by atoms with van der Waals surface area (Å²) in [5.41, 5.74) is 0.785. The van der Waals surface area contributed by atoms with Gasteiger partial charge in [0.15, 0.2) is 0 Å². The lowest BCUT2D eigenvalue weighted by Crippen LogP contribution is -2.38. The van der Waals surface area contributed by atoms with Crippen LogP contribution in [0.2, 0.25) is 5.02 Å². The maximum Gasteiger partial charge on any atom is 0.238 e. The van der Waals surface area contributed by atoms with E-state index < -0.39 is 0 Å². The molecule has 2 N–H and O–H groups in total. The molecule has 1 fully saturated rings. The highest BCUT2D eigenvalue weighted by Gasteiger charge is 2.18. The second-order valence-corrected chi connectivity index (χ2v) is 5.84. The van der Waals surface area contributed by atoms with Crippen molar-refractivity contribution in [1.82, 2.24) is 5.32 Å². The molecule has 1 aromatic carbocycles. The third-order valence-electron chi connectivity index (χ3n) is 3.62. The predicted molar refractivity (Wildman–Crippen MR) is 79.5 cm³/mol. The Hall–Kier alpha value is -1.06. The molecule has 0 heterocycles. The number of rotatable bonds is 4. The van der Waals surface area contributed by atoms with Gasteiger partial charge in [-0.3, -0.25) is 4.79 Å². The zero-order valence-corrected chi connectivity index (χ0v) is 12.0. The lowest BCUT2D eigenvalue weighted by Gasteiger charge is -2.27. The minimum atomic E-state index is 0.000508. The first-order valence-electron chi connectivity index (χ1n) is 6.92. The second-order valence-electron chi connectivity index (χ2n) is 5.40. The van der Waals surface area contributed by atoms with Crippen molar-refractivity contribution in [2.75, 3.05) is 11.9 Å². The summed E-state index contributed by atoms with van der Waals surface area (Å²) >= 11 is 5.80. The molecule has 19 heavy (non-hydrogen) atoms. The molecule has 0 radical (unpaired) electrons. The van der Waals surface area contributed by atoms with Gasteiger partial charge in [0.25, 0.3) is 0 Å². The van der Waals surface area contributed by atoms with Crippen LogP contribution in [0.1, 0.15) is 32.6 Å². The minimum Gasteiger partial charge on any atom is -0.325 e. The number of benzene rings is 1. The average Bonchev–Trinajstić information content (AvgIpc) is 2.39. The Morgan fingerprint density at radius 1 is 1.32 bits per heavy atom. The highest BCUT2D eigenvalue weighted by Crippen LogP contribution is 2.23. The Kier molecular flexibility index (Phi) is 5.23. The van der Waals surface area contributed by atoms with Gasteiger partial charge in [0, 0.05) is 16.8 Å². The normalized spacial score (nSPS) is 23.1. The molecule has 2 atom stereocenters. The summed E-state index contributed by atoms with van der Waals surface area (Å²) in [7, 11) is 0. The second kappa shape index (κ2) is 6.92. The Labute approximate surface area is 119 Å². The Bertz CT molecular complexity index is 419. The number of amides is 1. The summed E-state index contributed by atoms with van der Waals surface area (Å²) in [6.45, 7) is 2.65. The molecular formula is C15H21ClN2O. The summed E-state index contributed by atoms with van der Waals surface area (Å²) < 4.78 is 0. The summed E-state index contributed by atoms with van der Waals surface area (Å²) in [6, 6.07) is 7.65. The fraction of sp³-hybridized carbons (Fsp3) is 0.533. The lowest BCUT2D eigenvalue weighted by atomic mass is 9.87. The van der Waals surface area contributed by atoms with E-state index in [1.54, 1.807) is 12.1 Å². The van der Waals surface area contributed by atoms with Gasteiger partial charge in [0.1, 0.15) is 0 Å². The number of hydrogen-bond acceptors (Lipinski definition) is 2. The molecule has 0 bridgehead atoms. The van der Waals surface area contributed by atoms with Crippen LogP contribution in [0.3, 0.4) is 0 Å². The topological polar surface area (TPSA) is 41.1 Å². The van der Waals surface area contributed by atoms with Crippen LogP contribution in [0.25, 0.3) is 0 Å². The zero-order valence-electron chi connectivity index (χ0n) is 11.3. The third kappa shape index (κ3) is 4.84. The molecule has 1 aliphatic rings. The van der Waals surface area contributed by atoms with Crippen molar-refractivity contribution in [1.29, 1.82) is 0 Å². The predicted octanol–water partition coefficient (Wildman–Crippen LogP) is 3.45. The van der Waals surface area contributed by atoms with E-state index >= 15 is 0 Å². The number of hydrogen-bond donors (Lipinski definition) is 2. The van der Waals surface area contributed by atoms with Crippen molar-refractivity contribution in [3.8, 4) is 0 Å². The molecule has 1 aliphatic carbocycles. The molecule has 0 aliphatic heterocycles. The maximum atomic E-state index is 11.8. The van der Waals surface area contributed by atoms with Crippen LogP contribution in [0.15, 0.2) is 24.3 Å². The Morgan fingerprint density at radius 3 is 2.74 bits per heavy atom. The van der Waals surface area contributed by atoms with E-state index in [9.17, 15) is 4.79 Å². The van der Waals surface area contributed by atoms with Crippen LogP contribution >= 0.6 is 11.6 Å². The van der Waals surface area contributed by atoms with Crippen molar-refractivity contribution in [2.24, 2.45) is 5.92 Å². The van der Waals surface area contributed by atoms with Crippen molar-refractivity contribution in [2.45, 2.75) is 38.6 Å². The smallest absolute Gasteiger partial charge is 0.238 e. The standard InChI is InChI=1S/C15H21ClN2O/c1-11-3-2-4-14(9-11)17-10-15(19)18-13-7-5-12(16)6-8-13/h5-8,11,14,17H,2-4,9-10H2,1H3,(H,18,19)/t11-,14+/m0/s1. The first kappa shape index (κ1) is 14.4. The van der Waals surface area contributed by atoms with E-state index in [0.29, 0.717) is 17.6 Å². The van der Waals surface area contributed by atoms with E-state index in [0.717, 1.165) is 11.6 Å². The van der Waals surface area contributed by atoms with Gasteiger partial charge in [-0.1, -0.05) is 31.4 Å². The van der Waals surface area contributed by atoms with E-state index in [1.165, 1.54) is 25.7 Å². The summed E-state index contributed by atoms with van der Waals surface area (Å²) in [6.07, 6.45) is 4.93. The molecule has 1 aromatic rings. The van der Waals surface area contributed by atoms with Gasteiger partial charge in [-0.25, -0.2) is 0 Å². The highest BCUT2D eigenvalue weighted by molar-refractivity contribution is 6.30. The molecule has 2 rings (SSSR count). The molecular weight excluding hydrogens is 260 g/mol. The van der Waals surface area contributed by atoms with E-state index in [4.69, 9.17) is 11.6 Å². The summed E-state index contributed by atoms with van der Waals surface area (Å²) in [5.74, 6) is 0.770. The first-order chi connectivity index (χ1) is 9.13. The minimum absolute atomic E-state index is 0.000508. The Morgan fingerprint density at radius 2 is 2.05 bits per heavy atom. The van der Waals surface area contributed by atoms with Crippen LogP contribution in [-0.4, -0.2) is 18.5 Å². The van der Waals surface area contributed by atoms with Gasteiger partial charge in [0.05, 0.1) is 6.54 Å². The fourth-order valence-electron chi connectivity index (χ4n) is 2.59. The van der Waals surface area contributed by atoms with E-state index in [2.05, 4.69) is 17.6 Å². The van der Waals surface area contributed by atoms with Gasteiger partial charge in [-0.2, -0.15) is 0 Å². The van der Waals surface area contributed by atoms with Crippen LogP contribution in [0.5, 0.6) is 0 Å². The van der Waals surface area contributed by atoms with Crippen LogP contribution in [-0.2, 0) is 4.79 Å². The molecule has 1 saturated carbocycles. The molecule has 3 nitrogen and oxygen atoms in total. The fourth-order valence-corrected chi connectivity index (χ4v) is 2.72. The van der Waals surface area contributed by atoms with Gasteiger partial charge in [-0.15, -0.1) is 0 Å². The van der Waals surface area contributed by atoms with Crippen molar-refractivity contribution in [3.63, 3.8) is 0 Å². The number of halogens is 1. The van der Waals surface area contributed by atoms with E-state index in [-0.39, 0.29) is 5.91 Å². The summed E-state index contributed by atoms with van der Waals surface area (Å²) in [5, 5.41) is 6.88. The average molecular weight is 281 g/mol. The summed E-state index contributed by atoms with van der Waals surface area (Å²) in [4.78, 5) is 11.8. The molecule has 0 spiro atoms. The van der Waals surface area contributed by atoms with Gasteiger partial charge in [-0.05, 0) is 43.0 Å². The quantitative estimate of drug-likeness (QED) is 0.887. The largest absolute Gasteiger partial charge is 0.325 e. The van der Waals surface area contributed by atoms with Gasteiger partial charge >= 0.3 is 0 Å². The molecule has 4 heteroatoms. The van der Waals surface area contributed by atoms with E-state index in [1.807, 2.05) is 12.1 Å². The molecule has 0 aromatic heterocycles. The third-order valence-corrected chi connectivity index (χ3v) is 3.87. The Balaban J connectivity index is 1.73. The molecule has 0 unspecified atom stereocenters. The number of carbonyl (C=O) groups is 1. The number of nitrogens with one attached hydrogen (secondary N) is 2. The number of carbonyl (C=O) groups excluding carboxylic acids is 1. The van der Waals surface area contributed by atoms with Crippen LogP contribution < -0.4 is 10.6 Å². The van der Waals surface area contributed by atoms with Crippen molar-refractivity contribution >= 4 is 23.2 Å². The molecule has 104 valence electrons. The van der Waals surface area contributed by atoms with Crippen LogP contribution in [0.4, 0.5) is 5.69 Å². The molecule has 0 saturated heterocycles. The van der Waals surface area contributed by atoms with Crippen molar-refractivity contribution in [3.05, 3.63) is 29.3 Å². The monoisotopic (exact) mass is 280 g/mol. The van der Waals surface area contributed by atoms with Gasteiger partial charge in [0.2, 0.25) is 5.91 Å². The maximum absolute atomic E-state index is 11.8. The highest BCUT2D eigenvalue weighted by atomic mass is 35.5. The first-order valence-corrected chi connectivity index (χ1v) is 7.30. The zero-order chi connectivity index (χ0) is 13.7. The SMILES string of the molecule is C[C@H]1CCC[C@@H](NCC(=O)Nc2ccc(Cl)cc2)C1. The molecule has 1 amide bonds. The number of anilines is 1. The lowest BCUT2D eigenvalue weighted by molar-refractivity contribution is -0.115. The van der Waals surface area contributed by atoms with Gasteiger partial charge < -0.3 is 10.6 Å². The van der Waals surface area contributed by atoms with Crippen molar-refractivity contribution < 1.29 is 4.79 Å².